The normalized spacial score (nSPS) is 10.7. The zero-order valence-corrected chi connectivity index (χ0v) is 13.6. The Labute approximate surface area is 145 Å². The molecule has 0 fully saturated rings. The zero-order valence-electron chi connectivity index (χ0n) is 12.8. The molecule has 1 aromatic heterocycles. The number of aromatic nitrogens is 1. The number of nitrogens with one attached hydrogen (secondary N) is 1. The molecule has 0 unspecified atom stereocenters. The second kappa shape index (κ2) is 7.57. The van der Waals surface area contributed by atoms with Crippen LogP contribution in [-0.2, 0) is 0 Å². The SMILES string of the molecule is O=C(Nc1ccc(Cl)cc1)c1cccc(/C=C\c2ccccn2)c1. The lowest BCUT2D eigenvalue weighted by Gasteiger charge is -2.06. The largest absolute Gasteiger partial charge is 0.322 e. The first kappa shape index (κ1) is 16.0. The number of hydrogen-bond acceptors (Lipinski definition) is 2. The highest BCUT2D eigenvalue weighted by Gasteiger charge is 2.06. The second-order valence-electron chi connectivity index (χ2n) is 5.17. The van der Waals surface area contributed by atoms with Crippen molar-refractivity contribution in [3.8, 4) is 0 Å². The number of amides is 1. The molecule has 3 rings (SSSR count). The standard InChI is InChI=1S/C20H15ClN2O/c21-17-8-11-19(12-9-17)23-20(24)16-5-3-4-15(14-16)7-10-18-6-1-2-13-22-18/h1-14H,(H,23,24)/b10-7-. The highest BCUT2D eigenvalue weighted by Crippen LogP contribution is 2.15. The van der Waals surface area contributed by atoms with Crippen LogP contribution >= 0.6 is 11.6 Å². The minimum atomic E-state index is -0.162. The van der Waals surface area contributed by atoms with E-state index in [4.69, 9.17) is 11.6 Å². The minimum Gasteiger partial charge on any atom is -0.322 e. The first-order chi connectivity index (χ1) is 11.7. The van der Waals surface area contributed by atoms with Gasteiger partial charge in [-0.05, 0) is 60.2 Å². The van der Waals surface area contributed by atoms with Crippen LogP contribution in [0.5, 0.6) is 0 Å². The van der Waals surface area contributed by atoms with Gasteiger partial charge in [-0.25, -0.2) is 0 Å². The third-order valence-electron chi connectivity index (χ3n) is 3.39. The maximum atomic E-state index is 12.3. The highest BCUT2D eigenvalue weighted by molar-refractivity contribution is 6.30. The molecule has 1 N–H and O–H groups in total. The first-order valence-corrected chi connectivity index (χ1v) is 7.84. The van der Waals surface area contributed by atoms with E-state index in [1.807, 2.05) is 48.6 Å². The summed E-state index contributed by atoms with van der Waals surface area (Å²) in [4.78, 5) is 16.6. The van der Waals surface area contributed by atoms with Crippen LogP contribution in [0.3, 0.4) is 0 Å². The van der Waals surface area contributed by atoms with Crippen molar-refractivity contribution in [1.82, 2.24) is 4.98 Å². The van der Waals surface area contributed by atoms with Gasteiger partial charge >= 0.3 is 0 Å². The van der Waals surface area contributed by atoms with Gasteiger partial charge in [0.05, 0.1) is 5.69 Å². The lowest BCUT2D eigenvalue weighted by atomic mass is 10.1. The van der Waals surface area contributed by atoms with Gasteiger partial charge < -0.3 is 5.32 Å². The van der Waals surface area contributed by atoms with E-state index in [1.165, 1.54) is 0 Å². The molecular weight excluding hydrogens is 320 g/mol. The fraction of sp³-hybridized carbons (Fsp3) is 0. The third-order valence-corrected chi connectivity index (χ3v) is 3.64. The molecule has 0 saturated carbocycles. The molecule has 2 aromatic carbocycles. The van der Waals surface area contributed by atoms with Crippen LogP contribution in [0.15, 0.2) is 72.9 Å². The van der Waals surface area contributed by atoms with E-state index in [0.717, 1.165) is 11.3 Å². The molecule has 0 bridgehead atoms. The maximum absolute atomic E-state index is 12.3. The average molecular weight is 335 g/mol. The smallest absolute Gasteiger partial charge is 0.255 e. The summed E-state index contributed by atoms with van der Waals surface area (Å²) < 4.78 is 0. The molecule has 0 aliphatic carbocycles. The number of hydrogen-bond donors (Lipinski definition) is 1. The molecule has 24 heavy (non-hydrogen) atoms. The van der Waals surface area contributed by atoms with Crippen molar-refractivity contribution in [1.29, 1.82) is 0 Å². The van der Waals surface area contributed by atoms with Crippen molar-refractivity contribution < 1.29 is 4.79 Å². The van der Waals surface area contributed by atoms with Crippen molar-refractivity contribution in [3.63, 3.8) is 0 Å². The molecule has 3 aromatic rings. The molecule has 0 spiro atoms. The van der Waals surface area contributed by atoms with Crippen LogP contribution in [0.1, 0.15) is 21.6 Å². The summed E-state index contributed by atoms with van der Waals surface area (Å²) in [6.07, 6.45) is 5.59. The lowest BCUT2D eigenvalue weighted by molar-refractivity contribution is 0.102. The lowest BCUT2D eigenvalue weighted by Crippen LogP contribution is -2.11. The van der Waals surface area contributed by atoms with E-state index in [0.29, 0.717) is 16.3 Å². The van der Waals surface area contributed by atoms with E-state index in [-0.39, 0.29) is 5.91 Å². The van der Waals surface area contributed by atoms with E-state index in [2.05, 4.69) is 10.3 Å². The summed E-state index contributed by atoms with van der Waals surface area (Å²) in [7, 11) is 0. The Kier molecular flexibility index (Phi) is 5.04. The van der Waals surface area contributed by atoms with Crippen LogP contribution in [0.25, 0.3) is 12.2 Å². The quantitative estimate of drug-likeness (QED) is 0.716. The number of carbonyl (C=O) groups is 1. The van der Waals surface area contributed by atoms with Crippen molar-refractivity contribution in [2.75, 3.05) is 5.32 Å². The summed E-state index contributed by atoms with van der Waals surface area (Å²) in [5.74, 6) is -0.162. The van der Waals surface area contributed by atoms with E-state index < -0.39 is 0 Å². The molecule has 0 radical (unpaired) electrons. The summed E-state index contributed by atoms with van der Waals surface area (Å²) in [5.41, 5.74) is 3.10. The zero-order chi connectivity index (χ0) is 16.8. The van der Waals surface area contributed by atoms with Crippen molar-refractivity contribution in [3.05, 3.63) is 94.8 Å². The number of carbonyl (C=O) groups excluding carboxylic acids is 1. The Morgan fingerprint density at radius 1 is 0.958 bits per heavy atom. The number of benzene rings is 2. The Balaban J connectivity index is 1.73. The Hall–Kier alpha value is -2.91. The molecule has 0 atom stereocenters. The summed E-state index contributed by atoms with van der Waals surface area (Å²) in [6, 6.07) is 20.2. The first-order valence-electron chi connectivity index (χ1n) is 7.47. The van der Waals surface area contributed by atoms with Gasteiger partial charge in [0.2, 0.25) is 0 Å². The van der Waals surface area contributed by atoms with Gasteiger partial charge in [-0.2, -0.15) is 0 Å². The monoisotopic (exact) mass is 334 g/mol. The molecular formula is C20H15ClN2O. The molecule has 0 aliphatic rings. The molecule has 4 heteroatoms. The Bertz CT molecular complexity index is 858. The van der Waals surface area contributed by atoms with Gasteiger partial charge in [0, 0.05) is 22.5 Å². The summed E-state index contributed by atoms with van der Waals surface area (Å²) >= 11 is 5.85. The van der Waals surface area contributed by atoms with Crippen LogP contribution in [0.4, 0.5) is 5.69 Å². The summed E-state index contributed by atoms with van der Waals surface area (Å²) in [6.45, 7) is 0. The van der Waals surface area contributed by atoms with E-state index >= 15 is 0 Å². The minimum absolute atomic E-state index is 0.162. The number of rotatable bonds is 4. The van der Waals surface area contributed by atoms with Crippen LogP contribution in [0.2, 0.25) is 5.02 Å². The van der Waals surface area contributed by atoms with Gasteiger partial charge in [-0.15, -0.1) is 0 Å². The second-order valence-corrected chi connectivity index (χ2v) is 5.61. The molecule has 0 saturated heterocycles. The maximum Gasteiger partial charge on any atom is 0.255 e. The van der Waals surface area contributed by atoms with Crippen LogP contribution in [0, 0.1) is 0 Å². The molecule has 3 nitrogen and oxygen atoms in total. The fourth-order valence-corrected chi connectivity index (χ4v) is 2.30. The van der Waals surface area contributed by atoms with Crippen LogP contribution in [-0.4, -0.2) is 10.9 Å². The summed E-state index contributed by atoms with van der Waals surface area (Å²) in [5, 5.41) is 3.49. The van der Waals surface area contributed by atoms with Gasteiger partial charge in [0.15, 0.2) is 0 Å². The molecule has 0 aliphatic heterocycles. The average Bonchev–Trinajstić information content (AvgIpc) is 2.63. The van der Waals surface area contributed by atoms with E-state index in [9.17, 15) is 4.79 Å². The van der Waals surface area contributed by atoms with Crippen LogP contribution < -0.4 is 5.32 Å². The van der Waals surface area contributed by atoms with Crippen molar-refractivity contribution in [2.45, 2.75) is 0 Å². The Morgan fingerprint density at radius 2 is 1.79 bits per heavy atom. The molecule has 118 valence electrons. The number of anilines is 1. The fourth-order valence-electron chi connectivity index (χ4n) is 2.18. The van der Waals surface area contributed by atoms with Gasteiger partial charge in [0.25, 0.3) is 5.91 Å². The predicted octanol–water partition coefficient (Wildman–Crippen LogP) is 5.16. The van der Waals surface area contributed by atoms with Crippen molar-refractivity contribution in [2.24, 2.45) is 0 Å². The number of nitrogens with zero attached hydrogens (tertiary/aromatic N) is 1. The molecule has 1 amide bonds. The predicted molar refractivity (Wildman–Crippen MR) is 99.0 cm³/mol. The third kappa shape index (κ3) is 4.31. The molecule has 1 heterocycles. The Morgan fingerprint density at radius 3 is 2.54 bits per heavy atom. The van der Waals surface area contributed by atoms with Gasteiger partial charge in [-0.3, -0.25) is 9.78 Å². The number of pyridine rings is 1. The van der Waals surface area contributed by atoms with Gasteiger partial charge in [-0.1, -0.05) is 35.9 Å². The topological polar surface area (TPSA) is 42.0 Å². The number of halogens is 1. The van der Waals surface area contributed by atoms with Crippen molar-refractivity contribution >= 4 is 35.3 Å². The van der Waals surface area contributed by atoms with E-state index in [1.54, 1.807) is 36.5 Å². The highest BCUT2D eigenvalue weighted by atomic mass is 35.5. The van der Waals surface area contributed by atoms with Gasteiger partial charge in [0.1, 0.15) is 0 Å².